The lowest BCUT2D eigenvalue weighted by molar-refractivity contribution is 0.0978. The lowest BCUT2D eigenvalue weighted by Crippen LogP contribution is -2.34. The van der Waals surface area contributed by atoms with E-state index in [1.54, 1.807) is 45.7 Å². The number of hydrogen-bond acceptors (Lipinski definition) is 9. The molecule has 1 unspecified atom stereocenters. The van der Waals surface area contributed by atoms with Crippen molar-refractivity contribution in [3.8, 4) is 11.5 Å². The monoisotopic (exact) mass is 582 g/mol. The minimum atomic E-state index is -3.74. The molecule has 10 nitrogen and oxygen atoms in total. The molecule has 0 aliphatic carbocycles. The number of fused-ring (bicyclic) bond motifs is 1. The minimum Gasteiger partial charge on any atom is -0.495 e. The number of nitrogens with zero attached hydrogens (tertiary/aromatic N) is 4. The summed E-state index contributed by atoms with van der Waals surface area (Å²) >= 11 is 1.30. The van der Waals surface area contributed by atoms with E-state index in [9.17, 15) is 13.2 Å². The average Bonchev–Trinajstić information content (AvgIpc) is 3.66. The molecular formula is C28H30N4O6S2. The lowest BCUT2D eigenvalue weighted by Gasteiger charge is -2.21. The fourth-order valence-corrected chi connectivity index (χ4v) is 6.82. The number of likely N-dealkylation sites (N-methyl/N-ethyl adjacent to an activating group) is 1. The molecule has 3 heterocycles. The Morgan fingerprint density at radius 2 is 1.82 bits per heavy atom. The molecule has 4 aromatic rings. The van der Waals surface area contributed by atoms with Crippen molar-refractivity contribution in [3.05, 3.63) is 72.1 Å². The Bertz CT molecular complexity index is 1550. The summed E-state index contributed by atoms with van der Waals surface area (Å²) in [7, 11) is 0.935. The van der Waals surface area contributed by atoms with Crippen molar-refractivity contribution in [3.63, 3.8) is 0 Å². The third-order valence-corrected chi connectivity index (χ3v) is 9.65. The van der Waals surface area contributed by atoms with Gasteiger partial charge in [0.15, 0.2) is 5.13 Å². The number of sulfonamides is 1. The molecule has 40 heavy (non-hydrogen) atoms. The Morgan fingerprint density at radius 1 is 1.07 bits per heavy atom. The first-order chi connectivity index (χ1) is 19.3. The van der Waals surface area contributed by atoms with E-state index in [1.807, 2.05) is 12.1 Å². The highest BCUT2D eigenvalue weighted by Gasteiger charge is 2.28. The number of rotatable bonds is 10. The molecule has 2 aromatic heterocycles. The first-order valence-electron chi connectivity index (χ1n) is 12.7. The Morgan fingerprint density at radius 3 is 2.48 bits per heavy atom. The molecule has 1 atom stereocenters. The summed E-state index contributed by atoms with van der Waals surface area (Å²) in [5.41, 5.74) is 1.57. The number of thiazole rings is 1. The molecule has 1 aliphatic heterocycles. The number of hydrogen-bond donors (Lipinski definition) is 0. The molecule has 1 aliphatic rings. The molecule has 5 rings (SSSR count). The maximum atomic E-state index is 13.9. The first-order valence-corrected chi connectivity index (χ1v) is 15.0. The third-order valence-electron chi connectivity index (χ3n) is 6.72. The van der Waals surface area contributed by atoms with Crippen LogP contribution in [0.5, 0.6) is 11.5 Å². The Balaban J connectivity index is 1.47. The predicted octanol–water partition coefficient (Wildman–Crippen LogP) is 4.36. The SMILES string of the molecule is COc1ccc(OC)c2sc(N(Cc3ccccn3)C(=O)c3ccc(S(=O)(=O)N(C)CC4CCCO4)cc3)nc12. The zero-order valence-electron chi connectivity index (χ0n) is 22.4. The van der Waals surface area contributed by atoms with E-state index < -0.39 is 10.0 Å². The quantitative estimate of drug-likeness (QED) is 0.271. The van der Waals surface area contributed by atoms with E-state index in [0.29, 0.717) is 40.0 Å². The number of pyridine rings is 1. The fraction of sp³-hybridized carbons (Fsp3) is 0.321. The topological polar surface area (TPSA) is 111 Å². The first kappa shape index (κ1) is 28.0. The van der Waals surface area contributed by atoms with Gasteiger partial charge in [0, 0.05) is 32.0 Å². The van der Waals surface area contributed by atoms with Crippen LogP contribution < -0.4 is 14.4 Å². The van der Waals surface area contributed by atoms with Crippen molar-refractivity contribution in [1.82, 2.24) is 14.3 Å². The number of carbonyl (C=O) groups is 1. The molecule has 1 amide bonds. The number of carbonyl (C=O) groups excluding carboxylic acids is 1. The number of methoxy groups -OCH3 is 2. The zero-order valence-corrected chi connectivity index (χ0v) is 24.1. The molecule has 0 bridgehead atoms. The van der Waals surface area contributed by atoms with E-state index in [0.717, 1.165) is 17.5 Å². The molecule has 12 heteroatoms. The van der Waals surface area contributed by atoms with Gasteiger partial charge < -0.3 is 14.2 Å². The number of anilines is 1. The van der Waals surface area contributed by atoms with Gasteiger partial charge in [-0.2, -0.15) is 4.31 Å². The van der Waals surface area contributed by atoms with Crippen molar-refractivity contribution in [2.45, 2.75) is 30.4 Å². The summed E-state index contributed by atoms with van der Waals surface area (Å²) < 4.78 is 45.0. The van der Waals surface area contributed by atoms with Gasteiger partial charge in [0.1, 0.15) is 21.7 Å². The molecule has 0 saturated carbocycles. The molecule has 1 saturated heterocycles. The van der Waals surface area contributed by atoms with E-state index in [-0.39, 0.29) is 30.0 Å². The molecular weight excluding hydrogens is 552 g/mol. The minimum absolute atomic E-state index is 0.105. The standard InChI is InChI=1S/C28H30N4O6S2/c1-31(18-21-8-6-16-38-21)40(34,35)22-11-9-19(10-12-22)27(33)32(17-20-7-4-5-15-29-20)28-30-25-23(36-2)13-14-24(37-3)26(25)39-28/h4-5,7,9-15,21H,6,8,16-18H2,1-3H3. The van der Waals surface area contributed by atoms with Crippen LogP contribution in [0.15, 0.2) is 65.7 Å². The largest absolute Gasteiger partial charge is 0.495 e. The molecule has 2 aromatic carbocycles. The van der Waals surface area contributed by atoms with Gasteiger partial charge in [-0.3, -0.25) is 14.7 Å². The molecule has 0 N–H and O–H groups in total. The second kappa shape index (κ2) is 11.9. The van der Waals surface area contributed by atoms with Crippen molar-refractivity contribution in [2.75, 3.05) is 39.3 Å². The molecule has 210 valence electrons. The van der Waals surface area contributed by atoms with E-state index in [1.165, 1.54) is 44.8 Å². The highest BCUT2D eigenvalue weighted by Crippen LogP contribution is 2.40. The third kappa shape index (κ3) is 5.66. The van der Waals surface area contributed by atoms with Crippen LogP contribution in [-0.4, -0.2) is 69.1 Å². The molecule has 0 spiro atoms. The van der Waals surface area contributed by atoms with Gasteiger partial charge in [0.25, 0.3) is 5.91 Å². The van der Waals surface area contributed by atoms with Crippen molar-refractivity contribution < 1.29 is 27.4 Å². The van der Waals surface area contributed by atoms with Crippen LogP contribution in [0.1, 0.15) is 28.9 Å². The summed E-state index contributed by atoms with van der Waals surface area (Å²) in [6.07, 6.45) is 3.32. The summed E-state index contributed by atoms with van der Waals surface area (Å²) in [5, 5.41) is 0.432. The smallest absolute Gasteiger partial charge is 0.260 e. The van der Waals surface area contributed by atoms with Gasteiger partial charge in [-0.1, -0.05) is 17.4 Å². The summed E-state index contributed by atoms with van der Waals surface area (Å²) in [4.78, 5) is 24.6. The highest BCUT2D eigenvalue weighted by atomic mass is 32.2. The second-order valence-electron chi connectivity index (χ2n) is 9.30. The highest BCUT2D eigenvalue weighted by molar-refractivity contribution is 7.89. The fourth-order valence-electron chi connectivity index (χ4n) is 4.55. The van der Waals surface area contributed by atoms with Gasteiger partial charge >= 0.3 is 0 Å². The zero-order chi connectivity index (χ0) is 28.3. The van der Waals surface area contributed by atoms with Gasteiger partial charge in [-0.05, 0) is 61.4 Å². The maximum absolute atomic E-state index is 13.9. The van der Waals surface area contributed by atoms with Crippen molar-refractivity contribution in [2.24, 2.45) is 0 Å². The van der Waals surface area contributed by atoms with Crippen LogP contribution >= 0.6 is 11.3 Å². The van der Waals surface area contributed by atoms with Gasteiger partial charge in [-0.25, -0.2) is 13.4 Å². The Hall–Kier alpha value is -3.58. The summed E-state index contributed by atoms with van der Waals surface area (Å²) in [6, 6.07) is 15.0. The van der Waals surface area contributed by atoms with E-state index in [2.05, 4.69) is 4.98 Å². The average molecular weight is 583 g/mol. The number of aromatic nitrogens is 2. The van der Waals surface area contributed by atoms with E-state index in [4.69, 9.17) is 19.2 Å². The summed E-state index contributed by atoms with van der Waals surface area (Å²) in [5.74, 6) is 0.830. The summed E-state index contributed by atoms with van der Waals surface area (Å²) in [6.45, 7) is 1.10. The number of benzene rings is 2. The number of amides is 1. The molecule has 0 radical (unpaired) electrons. The van der Waals surface area contributed by atoms with E-state index >= 15 is 0 Å². The van der Waals surface area contributed by atoms with Crippen molar-refractivity contribution >= 4 is 42.6 Å². The Kier molecular flexibility index (Phi) is 8.31. The normalized spacial score (nSPS) is 15.4. The van der Waals surface area contributed by atoms with Crippen LogP contribution in [0.3, 0.4) is 0 Å². The van der Waals surface area contributed by atoms with Crippen LogP contribution in [-0.2, 0) is 21.3 Å². The molecule has 1 fully saturated rings. The number of ether oxygens (including phenoxy) is 3. The van der Waals surface area contributed by atoms with Crippen molar-refractivity contribution in [1.29, 1.82) is 0 Å². The van der Waals surface area contributed by atoms with Crippen LogP contribution in [0.2, 0.25) is 0 Å². The predicted molar refractivity (Wildman–Crippen MR) is 153 cm³/mol. The van der Waals surface area contributed by atoms with Gasteiger partial charge in [0.2, 0.25) is 10.0 Å². The van der Waals surface area contributed by atoms with Crippen LogP contribution in [0.4, 0.5) is 5.13 Å². The van der Waals surface area contributed by atoms with Gasteiger partial charge in [-0.15, -0.1) is 0 Å². The Labute approximate surface area is 237 Å². The lowest BCUT2D eigenvalue weighted by atomic mass is 10.2. The van der Waals surface area contributed by atoms with Gasteiger partial charge in [0.05, 0.1) is 37.5 Å². The second-order valence-corrected chi connectivity index (χ2v) is 12.3. The maximum Gasteiger partial charge on any atom is 0.260 e. The van der Waals surface area contributed by atoms with Crippen LogP contribution in [0, 0.1) is 0 Å². The van der Waals surface area contributed by atoms with Crippen LogP contribution in [0.25, 0.3) is 10.2 Å².